The number of ether oxygens (including phenoxy) is 1. The first kappa shape index (κ1) is 8.77. The average molecular weight is 169 g/mol. The van der Waals surface area contributed by atoms with E-state index in [9.17, 15) is 9.59 Å². The van der Waals surface area contributed by atoms with Gasteiger partial charge >= 0.3 is 5.97 Å². The summed E-state index contributed by atoms with van der Waals surface area (Å²) in [6, 6.07) is 0. The predicted octanol–water partition coefficient (Wildman–Crippen LogP) is 0.151. The molecule has 1 aliphatic heterocycles. The van der Waals surface area contributed by atoms with Crippen molar-refractivity contribution >= 4 is 11.9 Å². The fourth-order valence-corrected chi connectivity index (χ4v) is 1.20. The van der Waals surface area contributed by atoms with Gasteiger partial charge < -0.3 is 9.64 Å². The lowest BCUT2D eigenvalue weighted by Gasteiger charge is -2.07. The van der Waals surface area contributed by atoms with Crippen LogP contribution < -0.4 is 0 Å². The Morgan fingerprint density at radius 1 is 1.83 bits per heavy atom. The summed E-state index contributed by atoms with van der Waals surface area (Å²) in [6.07, 6.45) is 1.34. The first-order valence-corrected chi connectivity index (χ1v) is 3.70. The van der Waals surface area contributed by atoms with Gasteiger partial charge in [0.25, 0.3) is 0 Å². The van der Waals surface area contributed by atoms with Crippen molar-refractivity contribution in [2.45, 2.75) is 6.42 Å². The molecule has 1 amide bonds. The van der Waals surface area contributed by atoms with E-state index in [1.54, 1.807) is 7.05 Å². The van der Waals surface area contributed by atoms with Crippen LogP contribution in [0.5, 0.6) is 0 Å². The molecule has 1 atom stereocenters. The number of carbonyl (C=O) groups is 2. The predicted molar refractivity (Wildman–Crippen MR) is 42.0 cm³/mol. The van der Waals surface area contributed by atoms with Crippen LogP contribution in [0.4, 0.5) is 0 Å². The summed E-state index contributed by atoms with van der Waals surface area (Å²) in [4.78, 5) is 23.6. The maximum absolute atomic E-state index is 11.1. The van der Waals surface area contributed by atoms with Crippen LogP contribution in [0, 0.1) is 5.92 Å². The summed E-state index contributed by atoms with van der Waals surface area (Å²) in [7, 11) is 1.67. The Kier molecular flexibility index (Phi) is 2.47. The molecule has 0 saturated carbocycles. The zero-order valence-electron chi connectivity index (χ0n) is 6.95. The molecular weight excluding hydrogens is 158 g/mol. The standard InChI is InChI=1S/C8H11NO3/c1-3-12-8(11)6-4-7(10)9(2)5-6/h3,6H,1,4-5H2,2H3. The van der Waals surface area contributed by atoms with E-state index < -0.39 is 0 Å². The fraction of sp³-hybridized carbons (Fsp3) is 0.500. The third-order valence-corrected chi connectivity index (χ3v) is 1.87. The first-order valence-electron chi connectivity index (χ1n) is 3.70. The number of amides is 1. The molecule has 4 heteroatoms. The number of hydrogen-bond donors (Lipinski definition) is 0. The van der Waals surface area contributed by atoms with Crippen LogP contribution in [-0.4, -0.2) is 30.4 Å². The largest absolute Gasteiger partial charge is 0.435 e. The maximum atomic E-state index is 11.1. The molecule has 66 valence electrons. The molecule has 0 N–H and O–H groups in total. The number of rotatable bonds is 2. The Hall–Kier alpha value is -1.32. The van der Waals surface area contributed by atoms with Crippen LogP contribution in [0.3, 0.4) is 0 Å². The maximum Gasteiger partial charge on any atom is 0.316 e. The molecule has 0 bridgehead atoms. The smallest absolute Gasteiger partial charge is 0.316 e. The molecule has 0 aliphatic carbocycles. The van der Waals surface area contributed by atoms with E-state index in [-0.39, 0.29) is 24.2 Å². The van der Waals surface area contributed by atoms with E-state index in [0.29, 0.717) is 6.54 Å². The molecule has 4 nitrogen and oxygen atoms in total. The Bertz CT molecular complexity index is 224. The minimum atomic E-state index is -0.372. The van der Waals surface area contributed by atoms with Gasteiger partial charge in [0.2, 0.25) is 5.91 Å². The van der Waals surface area contributed by atoms with Crippen molar-refractivity contribution in [3.63, 3.8) is 0 Å². The summed E-state index contributed by atoms with van der Waals surface area (Å²) in [6.45, 7) is 3.72. The molecule has 1 unspecified atom stereocenters. The number of esters is 1. The number of carbonyl (C=O) groups excluding carboxylic acids is 2. The SMILES string of the molecule is C=COC(=O)C1CC(=O)N(C)C1. The van der Waals surface area contributed by atoms with Crippen LogP contribution in [0.25, 0.3) is 0 Å². The number of hydrogen-bond acceptors (Lipinski definition) is 3. The van der Waals surface area contributed by atoms with Gasteiger partial charge in [-0.2, -0.15) is 0 Å². The normalized spacial score (nSPS) is 22.6. The van der Waals surface area contributed by atoms with Crippen molar-refractivity contribution in [1.29, 1.82) is 0 Å². The van der Waals surface area contributed by atoms with Crippen molar-refractivity contribution in [1.82, 2.24) is 4.90 Å². The number of nitrogens with zero attached hydrogens (tertiary/aromatic N) is 1. The average Bonchev–Trinajstić information content (AvgIpc) is 2.33. The molecule has 0 spiro atoms. The lowest BCUT2D eigenvalue weighted by molar-refractivity contribution is -0.142. The monoisotopic (exact) mass is 169 g/mol. The minimum Gasteiger partial charge on any atom is -0.435 e. The van der Waals surface area contributed by atoms with Crippen molar-refractivity contribution in [2.24, 2.45) is 5.92 Å². The summed E-state index contributed by atoms with van der Waals surface area (Å²) in [5, 5.41) is 0. The molecule has 1 heterocycles. The zero-order valence-corrected chi connectivity index (χ0v) is 6.95. The highest BCUT2D eigenvalue weighted by atomic mass is 16.5. The van der Waals surface area contributed by atoms with E-state index in [1.165, 1.54) is 4.90 Å². The van der Waals surface area contributed by atoms with Crippen LogP contribution in [-0.2, 0) is 14.3 Å². The topological polar surface area (TPSA) is 46.6 Å². The quantitative estimate of drug-likeness (QED) is 0.436. The molecule has 1 saturated heterocycles. The second kappa shape index (κ2) is 3.38. The van der Waals surface area contributed by atoms with Crippen molar-refractivity contribution < 1.29 is 14.3 Å². The van der Waals surface area contributed by atoms with Gasteiger partial charge in [0.1, 0.15) is 0 Å². The molecule has 1 aliphatic rings. The van der Waals surface area contributed by atoms with E-state index in [4.69, 9.17) is 0 Å². The molecule has 1 rings (SSSR count). The third-order valence-electron chi connectivity index (χ3n) is 1.87. The Balaban J connectivity index is 2.51. The van der Waals surface area contributed by atoms with Gasteiger partial charge in [0.05, 0.1) is 12.2 Å². The molecule has 1 fully saturated rings. The first-order chi connectivity index (χ1) is 5.65. The van der Waals surface area contributed by atoms with E-state index >= 15 is 0 Å². The molecule has 0 aromatic heterocycles. The Morgan fingerprint density at radius 3 is 2.92 bits per heavy atom. The van der Waals surface area contributed by atoms with Crippen molar-refractivity contribution in [3.05, 3.63) is 12.8 Å². The van der Waals surface area contributed by atoms with Gasteiger partial charge in [-0.1, -0.05) is 6.58 Å². The summed E-state index contributed by atoms with van der Waals surface area (Å²) in [5.41, 5.74) is 0. The van der Waals surface area contributed by atoms with Crippen LogP contribution in [0.2, 0.25) is 0 Å². The summed E-state index contributed by atoms with van der Waals surface area (Å²) in [5.74, 6) is -0.704. The molecular formula is C8H11NO3. The fourth-order valence-electron chi connectivity index (χ4n) is 1.20. The highest BCUT2D eigenvalue weighted by Gasteiger charge is 2.32. The van der Waals surface area contributed by atoms with Crippen LogP contribution >= 0.6 is 0 Å². The van der Waals surface area contributed by atoms with E-state index in [2.05, 4.69) is 11.3 Å². The minimum absolute atomic E-state index is 0.0130. The van der Waals surface area contributed by atoms with Gasteiger partial charge in [-0.25, -0.2) is 0 Å². The van der Waals surface area contributed by atoms with Crippen LogP contribution in [0.15, 0.2) is 12.8 Å². The van der Waals surface area contributed by atoms with Gasteiger partial charge in [-0.3, -0.25) is 9.59 Å². The zero-order chi connectivity index (χ0) is 9.14. The van der Waals surface area contributed by atoms with Crippen molar-refractivity contribution in [3.8, 4) is 0 Å². The highest BCUT2D eigenvalue weighted by Crippen LogP contribution is 2.17. The Labute approximate surface area is 70.8 Å². The lowest BCUT2D eigenvalue weighted by Crippen LogP contribution is -2.21. The molecule has 0 radical (unpaired) electrons. The van der Waals surface area contributed by atoms with E-state index in [1.807, 2.05) is 0 Å². The summed E-state index contributed by atoms with van der Waals surface area (Å²) < 4.78 is 4.57. The Morgan fingerprint density at radius 2 is 2.50 bits per heavy atom. The van der Waals surface area contributed by atoms with Gasteiger partial charge in [0.15, 0.2) is 0 Å². The van der Waals surface area contributed by atoms with Crippen LogP contribution in [0.1, 0.15) is 6.42 Å². The molecule has 0 aromatic rings. The highest BCUT2D eigenvalue weighted by molar-refractivity contribution is 5.86. The van der Waals surface area contributed by atoms with Crippen molar-refractivity contribution in [2.75, 3.05) is 13.6 Å². The third kappa shape index (κ3) is 1.64. The lowest BCUT2D eigenvalue weighted by atomic mass is 10.1. The molecule has 12 heavy (non-hydrogen) atoms. The van der Waals surface area contributed by atoms with Gasteiger partial charge in [0, 0.05) is 20.0 Å². The summed E-state index contributed by atoms with van der Waals surface area (Å²) >= 11 is 0. The second-order valence-electron chi connectivity index (χ2n) is 2.78. The van der Waals surface area contributed by atoms with E-state index in [0.717, 1.165) is 6.26 Å². The number of likely N-dealkylation sites (tertiary alicyclic amines) is 1. The van der Waals surface area contributed by atoms with Gasteiger partial charge in [-0.05, 0) is 0 Å². The second-order valence-corrected chi connectivity index (χ2v) is 2.78. The molecule has 0 aromatic carbocycles. The van der Waals surface area contributed by atoms with Gasteiger partial charge in [-0.15, -0.1) is 0 Å².